The van der Waals surface area contributed by atoms with Gasteiger partial charge in [-0.15, -0.1) is 0 Å². The fourth-order valence-corrected chi connectivity index (χ4v) is 4.03. The van der Waals surface area contributed by atoms with Crippen LogP contribution in [0.25, 0.3) is 0 Å². The topological polar surface area (TPSA) is 118 Å². The third-order valence-corrected chi connectivity index (χ3v) is 6.12. The molecule has 3 rings (SSSR count). The molecule has 1 fully saturated rings. The standard InChI is InChI=1S/C20H24FN3O6S/c21-15-5-7-18(8-6-15)31(27,28)23-12-20(26)24(13-17-4-2-10-30-17)14-19(25)22-11-16-3-1-9-29-16/h2,4-8,10,16,23H,1,3,9,11-14H2,(H,22,25)/t16-/m0/s1. The van der Waals surface area contributed by atoms with Crippen LogP contribution < -0.4 is 10.0 Å². The summed E-state index contributed by atoms with van der Waals surface area (Å²) in [6, 6.07) is 7.51. The molecule has 2 heterocycles. The molecule has 0 aliphatic carbocycles. The Hall–Kier alpha value is -2.76. The molecule has 0 spiro atoms. The number of nitrogens with one attached hydrogen (secondary N) is 2. The van der Waals surface area contributed by atoms with Gasteiger partial charge in [-0.2, -0.15) is 0 Å². The Morgan fingerprint density at radius 3 is 2.61 bits per heavy atom. The number of hydrogen-bond acceptors (Lipinski definition) is 6. The minimum Gasteiger partial charge on any atom is -0.467 e. The van der Waals surface area contributed by atoms with Crippen LogP contribution in [-0.4, -0.2) is 57.5 Å². The zero-order chi connectivity index (χ0) is 22.3. The molecular formula is C20H24FN3O6S. The minimum absolute atomic E-state index is 0.00252. The van der Waals surface area contributed by atoms with Crippen molar-refractivity contribution >= 4 is 21.8 Å². The van der Waals surface area contributed by atoms with Crippen molar-refractivity contribution in [2.24, 2.45) is 0 Å². The first-order chi connectivity index (χ1) is 14.8. The molecule has 0 unspecified atom stereocenters. The molecule has 9 nitrogen and oxygen atoms in total. The lowest BCUT2D eigenvalue weighted by Gasteiger charge is -2.22. The number of carbonyl (C=O) groups excluding carboxylic acids is 2. The number of amides is 2. The van der Waals surface area contributed by atoms with Gasteiger partial charge in [-0.05, 0) is 49.2 Å². The maximum Gasteiger partial charge on any atom is 0.241 e. The van der Waals surface area contributed by atoms with Crippen LogP contribution in [-0.2, 0) is 30.9 Å². The zero-order valence-corrected chi connectivity index (χ0v) is 17.6. The van der Waals surface area contributed by atoms with E-state index in [1.54, 1.807) is 12.1 Å². The lowest BCUT2D eigenvalue weighted by Crippen LogP contribution is -2.45. The molecule has 1 aromatic carbocycles. The van der Waals surface area contributed by atoms with Crippen LogP contribution in [0.3, 0.4) is 0 Å². The van der Waals surface area contributed by atoms with Crippen molar-refractivity contribution in [2.75, 3.05) is 26.2 Å². The molecule has 2 amide bonds. The number of ether oxygens (including phenoxy) is 1. The summed E-state index contributed by atoms with van der Waals surface area (Å²) < 4.78 is 50.6. The number of carbonyl (C=O) groups is 2. The first-order valence-corrected chi connectivity index (χ1v) is 11.3. The van der Waals surface area contributed by atoms with E-state index in [1.165, 1.54) is 11.2 Å². The van der Waals surface area contributed by atoms with Gasteiger partial charge in [0, 0.05) is 13.2 Å². The Kier molecular flexibility index (Phi) is 7.77. The predicted octanol–water partition coefficient (Wildman–Crippen LogP) is 1.02. The van der Waals surface area contributed by atoms with Crippen molar-refractivity contribution in [1.82, 2.24) is 14.9 Å². The number of furan rings is 1. The summed E-state index contributed by atoms with van der Waals surface area (Å²) in [5.74, 6) is -1.14. The number of hydrogen-bond donors (Lipinski definition) is 2. The van der Waals surface area contributed by atoms with Crippen molar-refractivity contribution in [3.63, 3.8) is 0 Å². The maximum atomic E-state index is 13.0. The van der Waals surface area contributed by atoms with Crippen molar-refractivity contribution in [2.45, 2.75) is 30.4 Å². The van der Waals surface area contributed by atoms with Crippen LogP contribution >= 0.6 is 0 Å². The molecule has 0 bridgehead atoms. The highest BCUT2D eigenvalue weighted by atomic mass is 32.2. The summed E-state index contributed by atoms with van der Waals surface area (Å²) in [4.78, 5) is 26.0. The van der Waals surface area contributed by atoms with Gasteiger partial charge in [0.2, 0.25) is 21.8 Å². The van der Waals surface area contributed by atoms with Crippen LogP contribution in [0.15, 0.2) is 52.0 Å². The Bertz CT molecular complexity index is 973. The Balaban J connectivity index is 1.59. The molecule has 1 saturated heterocycles. The van der Waals surface area contributed by atoms with Crippen molar-refractivity contribution in [1.29, 1.82) is 0 Å². The van der Waals surface area contributed by atoms with E-state index in [-0.39, 0.29) is 24.1 Å². The normalized spacial score (nSPS) is 16.2. The minimum atomic E-state index is -4.02. The van der Waals surface area contributed by atoms with Gasteiger partial charge in [0.05, 0.1) is 30.4 Å². The van der Waals surface area contributed by atoms with E-state index in [4.69, 9.17) is 9.15 Å². The molecule has 1 aromatic heterocycles. The molecule has 1 atom stereocenters. The number of halogens is 1. The van der Waals surface area contributed by atoms with Gasteiger partial charge in [-0.1, -0.05) is 0 Å². The lowest BCUT2D eigenvalue weighted by atomic mass is 10.2. The zero-order valence-electron chi connectivity index (χ0n) is 16.8. The second kappa shape index (κ2) is 10.5. The molecule has 2 aromatic rings. The first-order valence-electron chi connectivity index (χ1n) is 9.77. The summed E-state index contributed by atoms with van der Waals surface area (Å²) in [5.41, 5.74) is 0. The number of benzene rings is 1. The smallest absolute Gasteiger partial charge is 0.241 e. The largest absolute Gasteiger partial charge is 0.467 e. The quantitative estimate of drug-likeness (QED) is 0.555. The molecular weight excluding hydrogens is 429 g/mol. The van der Waals surface area contributed by atoms with Gasteiger partial charge in [-0.25, -0.2) is 17.5 Å². The highest BCUT2D eigenvalue weighted by Crippen LogP contribution is 2.12. The molecule has 0 saturated carbocycles. The maximum absolute atomic E-state index is 13.0. The van der Waals surface area contributed by atoms with Crippen LogP contribution in [0.2, 0.25) is 0 Å². The van der Waals surface area contributed by atoms with Crippen LogP contribution in [0, 0.1) is 5.82 Å². The summed E-state index contributed by atoms with van der Waals surface area (Å²) in [6.45, 7) is 0.165. The van der Waals surface area contributed by atoms with E-state index in [2.05, 4.69) is 10.0 Å². The second-order valence-electron chi connectivity index (χ2n) is 7.05. The van der Waals surface area contributed by atoms with Gasteiger partial charge < -0.3 is 19.4 Å². The van der Waals surface area contributed by atoms with Crippen LogP contribution in [0.4, 0.5) is 4.39 Å². The third-order valence-electron chi connectivity index (χ3n) is 4.70. The van der Waals surface area contributed by atoms with Gasteiger partial charge in [0.25, 0.3) is 0 Å². The molecule has 1 aliphatic rings. The Morgan fingerprint density at radius 2 is 1.97 bits per heavy atom. The molecule has 2 N–H and O–H groups in total. The molecule has 1 aliphatic heterocycles. The second-order valence-corrected chi connectivity index (χ2v) is 8.81. The van der Waals surface area contributed by atoms with Crippen molar-refractivity contribution < 1.29 is 31.6 Å². The first kappa shape index (κ1) is 22.9. The van der Waals surface area contributed by atoms with Gasteiger partial charge >= 0.3 is 0 Å². The van der Waals surface area contributed by atoms with Gasteiger partial charge in [-0.3, -0.25) is 9.59 Å². The van der Waals surface area contributed by atoms with Crippen molar-refractivity contribution in [3.8, 4) is 0 Å². The van der Waals surface area contributed by atoms with Crippen molar-refractivity contribution in [3.05, 3.63) is 54.2 Å². The molecule has 0 radical (unpaired) electrons. The summed E-state index contributed by atoms with van der Waals surface area (Å²) >= 11 is 0. The number of sulfonamides is 1. The third kappa shape index (κ3) is 6.88. The summed E-state index contributed by atoms with van der Waals surface area (Å²) in [7, 11) is -4.02. The van der Waals surface area contributed by atoms with Gasteiger partial charge in [0.1, 0.15) is 18.1 Å². The highest BCUT2D eigenvalue weighted by molar-refractivity contribution is 7.89. The van der Waals surface area contributed by atoms with E-state index in [0.29, 0.717) is 18.9 Å². The average Bonchev–Trinajstić information content (AvgIpc) is 3.44. The van der Waals surface area contributed by atoms with Gasteiger partial charge in [0.15, 0.2) is 0 Å². The molecule has 168 valence electrons. The SMILES string of the molecule is O=C(CN(Cc1ccco1)C(=O)CNS(=O)(=O)c1ccc(F)cc1)NC[C@@H]1CCCO1. The fraction of sp³-hybridized carbons (Fsp3) is 0.400. The highest BCUT2D eigenvalue weighted by Gasteiger charge is 2.23. The Morgan fingerprint density at radius 1 is 1.19 bits per heavy atom. The van der Waals surface area contributed by atoms with Crippen LogP contribution in [0.1, 0.15) is 18.6 Å². The van der Waals surface area contributed by atoms with E-state index in [9.17, 15) is 22.4 Å². The summed E-state index contributed by atoms with van der Waals surface area (Å²) in [6.07, 6.45) is 3.20. The van der Waals surface area contributed by atoms with E-state index in [1.807, 2.05) is 0 Å². The van der Waals surface area contributed by atoms with Crippen LogP contribution in [0.5, 0.6) is 0 Å². The number of rotatable bonds is 10. The summed E-state index contributed by atoms with van der Waals surface area (Å²) in [5, 5.41) is 2.73. The Labute approximate surface area is 179 Å². The van der Waals surface area contributed by atoms with E-state index < -0.39 is 34.2 Å². The monoisotopic (exact) mass is 453 g/mol. The fourth-order valence-electron chi connectivity index (χ4n) is 3.05. The number of nitrogens with zero attached hydrogens (tertiary/aromatic N) is 1. The van der Waals surface area contributed by atoms with E-state index in [0.717, 1.165) is 37.1 Å². The predicted molar refractivity (Wildman–Crippen MR) is 108 cm³/mol. The molecule has 31 heavy (non-hydrogen) atoms. The molecule has 11 heteroatoms. The van der Waals surface area contributed by atoms with E-state index >= 15 is 0 Å². The average molecular weight is 453 g/mol. The lowest BCUT2D eigenvalue weighted by molar-refractivity contribution is -0.136.